The minimum absolute atomic E-state index is 0.245. The third-order valence-corrected chi connectivity index (χ3v) is 2.59. The first-order valence-electron chi connectivity index (χ1n) is 4.95. The predicted octanol–water partition coefficient (Wildman–Crippen LogP) is 2.85. The third kappa shape index (κ3) is 2.21. The maximum absolute atomic E-state index is 9.52. The van der Waals surface area contributed by atoms with Crippen molar-refractivity contribution in [1.82, 2.24) is 10.2 Å². The van der Waals surface area contributed by atoms with Gasteiger partial charge in [-0.1, -0.05) is 41.9 Å². The Kier molecular flexibility index (Phi) is 3.17. The Morgan fingerprint density at radius 1 is 1.19 bits per heavy atom. The highest BCUT2D eigenvalue weighted by molar-refractivity contribution is 6.30. The zero-order chi connectivity index (χ0) is 11.5. The number of halogens is 1. The molecule has 1 heterocycles. The lowest BCUT2D eigenvalue weighted by Crippen LogP contribution is -1.98. The monoisotopic (exact) mass is 234 g/mol. The maximum Gasteiger partial charge on any atom is 0.157 e. The van der Waals surface area contributed by atoms with Crippen LogP contribution in [0.25, 0.3) is 11.3 Å². The number of nitrogens with zero attached hydrogens (tertiary/aromatic N) is 2. The lowest BCUT2D eigenvalue weighted by molar-refractivity contribution is 0.199. The molecule has 0 aliphatic rings. The lowest BCUT2D eigenvalue weighted by Gasteiger charge is -2.07. The summed E-state index contributed by atoms with van der Waals surface area (Å²) in [5, 5.41) is 17.6. The Morgan fingerprint density at radius 2 is 1.88 bits per heavy atom. The molecule has 0 spiro atoms. The maximum atomic E-state index is 9.52. The van der Waals surface area contributed by atoms with Crippen LogP contribution in [-0.4, -0.2) is 15.3 Å². The van der Waals surface area contributed by atoms with Crippen molar-refractivity contribution in [3.8, 4) is 11.3 Å². The average Bonchev–Trinajstić information content (AvgIpc) is 2.30. The van der Waals surface area contributed by atoms with Crippen LogP contribution in [0.4, 0.5) is 0 Å². The quantitative estimate of drug-likeness (QED) is 0.869. The lowest BCUT2D eigenvalue weighted by atomic mass is 10.1. The van der Waals surface area contributed by atoms with Crippen molar-refractivity contribution < 1.29 is 5.11 Å². The van der Waals surface area contributed by atoms with Crippen LogP contribution in [0, 0.1) is 0 Å². The largest absolute Gasteiger partial charge is 0.389 e. The molecule has 0 fully saturated rings. The van der Waals surface area contributed by atoms with Gasteiger partial charge in [0.2, 0.25) is 0 Å². The van der Waals surface area contributed by atoms with E-state index >= 15 is 0 Å². The molecular weight excluding hydrogens is 224 g/mol. The molecule has 0 saturated carbocycles. The first-order valence-corrected chi connectivity index (χ1v) is 5.33. The van der Waals surface area contributed by atoms with Gasteiger partial charge in [0.25, 0.3) is 0 Å². The zero-order valence-corrected chi connectivity index (χ0v) is 9.52. The van der Waals surface area contributed by atoms with Crippen molar-refractivity contribution in [2.45, 2.75) is 13.0 Å². The fraction of sp³-hybridized carbons (Fsp3) is 0.167. The first kappa shape index (κ1) is 11.0. The minimum atomic E-state index is -0.648. The number of hydrogen-bond donors (Lipinski definition) is 1. The SMILES string of the molecule is CC(O)c1cc(-c2ccccc2)nnc1Cl. The van der Waals surface area contributed by atoms with Crippen molar-refractivity contribution >= 4 is 11.6 Å². The molecule has 2 rings (SSSR count). The number of aliphatic hydroxyl groups excluding tert-OH is 1. The fourth-order valence-corrected chi connectivity index (χ4v) is 1.68. The number of rotatable bonds is 2. The highest BCUT2D eigenvalue weighted by Crippen LogP contribution is 2.24. The number of hydrogen-bond acceptors (Lipinski definition) is 3. The van der Waals surface area contributed by atoms with Gasteiger partial charge in [-0.05, 0) is 13.0 Å². The third-order valence-electron chi connectivity index (χ3n) is 2.30. The molecule has 16 heavy (non-hydrogen) atoms. The van der Waals surface area contributed by atoms with E-state index in [1.165, 1.54) is 0 Å². The van der Waals surface area contributed by atoms with Crippen molar-refractivity contribution in [3.63, 3.8) is 0 Å². The highest BCUT2D eigenvalue weighted by atomic mass is 35.5. The molecule has 0 radical (unpaired) electrons. The van der Waals surface area contributed by atoms with E-state index in [2.05, 4.69) is 10.2 Å². The summed E-state index contributed by atoms with van der Waals surface area (Å²) in [7, 11) is 0. The van der Waals surface area contributed by atoms with Gasteiger partial charge in [-0.2, -0.15) is 0 Å². The van der Waals surface area contributed by atoms with Gasteiger partial charge >= 0.3 is 0 Å². The normalized spacial score (nSPS) is 12.4. The Hall–Kier alpha value is -1.45. The molecule has 1 aromatic heterocycles. The van der Waals surface area contributed by atoms with Crippen LogP contribution in [0.2, 0.25) is 5.15 Å². The van der Waals surface area contributed by atoms with Gasteiger partial charge in [0.15, 0.2) is 5.15 Å². The molecule has 0 saturated heterocycles. The Morgan fingerprint density at radius 3 is 2.50 bits per heavy atom. The second-order valence-electron chi connectivity index (χ2n) is 3.52. The van der Waals surface area contributed by atoms with E-state index in [0.29, 0.717) is 11.3 Å². The standard InChI is InChI=1S/C12H11ClN2O/c1-8(16)10-7-11(14-15-12(10)13)9-5-3-2-4-6-9/h2-8,16H,1H3. The van der Waals surface area contributed by atoms with Crippen LogP contribution >= 0.6 is 11.6 Å². The van der Waals surface area contributed by atoms with Crippen molar-refractivity contribution in [1.29, 1.82) is 0 Å². The summed E-state index contributed by atoms with van der Waals surface area (Å²) in [6, 6.07) is 11.4. The summed E-state index contributed by atoms with van der Waals surface area (Å²) in [6.45, 7) is 1.65. The van der Waals surface area contributed by atoms with Crippen LogP contribution in [0.3, 0.4) is 0 Å². The summed E-state index contributed by atoms with van der Waals surface area (Å²) < 4.78 is 0. The van der Waals surface area contributed by atoms with Crippen LogP contribution in [-0.2, 0) is 0 Å². The highest BCUT2D eigenvalue weighted by Gasteiger charge is 2.10. The number of benzene rings is 1. The molecule has 82 valence electrons. The number of aliphatic hydroxyl groups is 1. The van der Waals surface area contributed by atoms with Crippen LogP contribution in [0.1, 0.15) is 18.6 Å². The van der Waals surface area contributed by atoms with E-state index in [9.17, 15) is 5.11 Å². The van der Waals surface area contributed by atoms with E-state index < -0.39 is 6.10 Å². The average molecular weight is 235 g/mol. The Balaban J connectivity index is 2.48. The Labute approximate surface area is 98.7 Å². The molecular formula is C12H11ClN2O. The molecule has 1 N–H and O–H groups in total. The van der Waals surface area contributed by atoms with Crippen molar-refractivity contribution in [3.05, 3.63) is 47.1 Å². The van der Waals surface area contributed by atoms with Gasteiger partial charge in [0.1, 0.15) is 0 Å². The van der Waals surface area contributed by atoms with E-state index in [4.69, 9.17) is 11.6 Å². The first-order chi connectivity index (χ1) is 7.68. The number of aromatic nitrogens is 2. The molecule has 1 atom stereocenters. The zero-order valence-electron chi connectivity index (χ0n) is 8.76. The minimum Gasteiger partial charge on any atom is -0.389 e. The molecule has 0 aliphatic heterocycles. The van der Waals surface area contributed by atoms with Crippen LogP contribution in [0.5, 0.6) is 0 Å². The predicted molar refractivity (Wildman–Crippen MR) is 63.1 cm³/mol. The van der Waals surface area contributed by atoms with Crippen molar-refractivity contribution in [2.24, 2.45) is 0 Å². The van der Waals surface area contributed by atoms with Gasteiger partial charge in [-0.15, -0.1) is 10.2 Å². The second-order valence-corrected chi connectivity index (χ2v) is 3.88. The van der Waals surface area contributed by atoms with Gasteiger partial charge in [-0.25, -0.2) is 0 Å². The van der Waals surface area contributed by atoms with Gasteiger partial charge < -0.3 is 5.11 Å². The van der Waals surface area contributed by atoms with Gasteiger partial charge in [0.05, 0.1) is 11.8 Å². The Bertz CT molecular complexity index is 486. The molecule has 4 heteroatoms. The molecule has 1 aromatic carbocycles. The smallest absolute Gasteiger partial charge is 0.157 e. The van der Waals surface area contributed by atoms with E-state index in [1.54, 1.807) is 13.0 Å². The van der Waals surface area contributed by atoms with Crippen LogP contribution < -0.4 is 0 Å². The van der Waals surface area contributed by atoms with Crippen LogP contribution in [0.15, 0.2) is 36.4 Å². The van der Waals surface area contributed by atoms with Gasteiger partial charge in [0, 0.05) is 11.1 Å². The summed E-state index contributed by atoms with van der Waals surface area (Å²) >= 11 is 5.85. The van der Waals surface area contributed by atoms with E-state index in [1.807, 2.05) is 30.3 Å². The molecule has 1 unspecified atom stereocenters. The molecule has 2 aromatic rings. The second kappa shape index (κ2) is 4.60. The summed E-state index contributed by atoms with van der Waals surface area (Å²) in [5.41, 5.74) is 2.25. The molecule has 0 aliphatic carbocycles. The molecule has 3 nitrogen and oxygen atoms in total. The van der Waals surface area contributed by atoms with E-state index in [0.717, 1.165) is 5.56 Å². The molecule has 0 amide bonds. The van der Waals surface area contributed by atoms with E-state index in [-0.39, 0.29) is 5.15 Å². The summed E-state index contributed by atoms with van der Waals surface area (Å²) in [4.78, 5) is 0. The molecule has 0 bridgehead atoms. The summed E-state index contributed by atoms with van der Waals surface area (Å²) in [6.07, 6.45) is -0.648. The topological polar surface area (TPSA) is 46.0 Å². The van der Waals surface area contributed by atoms with Crippen molar-refractivity contribution in [2.75, 3.05) is 0 Å². The van der Waals surface area contributed by atoms with Gasteiger partial charge in [-0.3, -0.25) is 0 Å². The fourth-order valence-electron chi connectivity index (χ4n) is 1.43. The summed E-state index contributed by atoms with van der Waals surface area (Å²) in [5.74, 6) is 0.